The zero-order valence-corrected chi connectivity index (χ0v) is 14.1. The van der Waals surface area contributed by atoms with Crippen LogP contribution in [0.1, 0.15) is 44.5 Å². The molecule has 0 radical (unpaired) electrons. The van der Waals surface area contributed by atoms with E-state index in [0.717, 1.165) is 9.26 Å². The first-order chi connectivity index (χ1) is 7.94. The summed E-state index contributed by atoms with van der Waals surface area (Å²) in [6, 6.07) is 0. The van der Waals surface area contributed by atoms with Crippen LogP contribution in [0.15, 0.2) is 0 Å². The van der Waals surface area contributed by atoms with Crippen molar-refractivity contribution in [2.45, 2.75) is 38.4 Å². The number of hydrogen-bond donors (Lipinski definition) is 1. The molecule has 0 aromatic carbocycles. The van der Waals surface area contributed by atoms with Crippen molar-refractivity contribution in [3.05, 3.63) is 15.1 Å². The van der Waals surface area contributed by atoms with Gasteiger partial charge in [-0.1, -0.05) is 20.8 Å². The second-order valence-electron chi connectivity index (χ2n) is 5.35. The molecular formula is C11H18IN3O2S. The highest BCUT2D eigenvalue weighted by Crippen LogP contribution is 2.30. The van der Waals surface area contributed by atoms with Gasteiger partial charge in [0.1, 0.15) is 16.9 Å². The van der Waals surface area contributed by atoms with Crippen molar-refractivity contribution in [1.82, 2.24) is 9.97 Å². The monoisotopic (exact) mass is 383 g/mol. The van der Waals surface area contributed by atoms with Crippen LogP contribution in [0.5, 0.6) is 0 Å². The number of anilines is 1. The van der Waals surface area contributed by atoms with E-state index in [1.54, 1.807) is 6.92 Å². The van der Waals surface area contributed by atoms with Gasteiger partial charge in [-0.15, -0.1) is 0 Å². The summed E-state index contributed by atoms with van der Waals surface area (Å²) in [5, 5.41) is -0.752. The Bertz CT molecular complexity index is 564. The maximum Gasteiger partial charge on any atom is 0.157 e. The Labute approximate surface area is 122 Å². The molecule has 1 unspecified atom stereocenters. The lowest BCUT2D eigenvalue weighted by molar-refractivity contribution is 0.554. The number of hydrogen-bond acceptors (Lipinski definition) is 5. The molecule has 1 aromatic rings. The van der Waals surface area contributed by atoms with Gasteiger partial charge in [-0.25, -0.2) is 18.4 Å². The average molecular weight is 383 g/mol. The van der Waals surface area contributed by atoms with Crippen LogP contribution >= 0.6 is 22.6 Å². The zero-order valence-electron chi connectivity index (χ0n) is 11.2. The largest absolute Gasteiger partial charge is 0.383 e. The van der Waals surface area contributed by atoms with Crippen molar-refractivity contribution in [3.8, 4) is 0 Å². The summed E-state index contributed by atoms with van der Waals surface area (Å²) in [7, 11) is -3.23. The molecule has 2 N–H and O–H groups in total. The molecule has 0 spiro atoms. The Balaban J connectivity index is 3.48. The minimum atomic E-state index is -3.23. The minimum absolute atomic E-state index is 0.209. The number of halogens is 1. The smallest absolute Gasteiger partial charge is 0.157 e. The van der Waals surface area contributed by atoms with Crippen molar-refractivity contribution in [3.63, 3.8) is 0 Å². The molecule has 0 bridgehead atoms. The fourth-order valence-corrected chi connectivity index (χ4v) is 2.89. The summed E-state index contributed by atoms with van der Waals surface area (Å²) >= 11 is 2.09. The number of nitrogens with two attached hydrogens (primary N) is 1. The summed E-state index contributed by atoms with van der Waals surface area (Å²) in [5.41, 5.74) is 6.42. The van der Waals surface area contributed by atoms with Crippen LogP contribution in [0.3, 0.4) is 0 Å². The maximum atomic E-state index is 11.6. The molecule has 1 atom stereocenters. The van der Waals surface area contributed by atoms with Gasteiger partial charge in [-0.3, -0.25) is 0 Å². The van der Waals surface area contributed by atoms with E-state index in [1.807, 2.05) is 20.8 Å². The van der Waals surface area contributed by atoms with Gasteiger partial charge >= 0.3 is 0 Å². The van der Waals surface area contributed by atoms with E-state index in [4.69, 9.17) is 5.73 Å². The van der Waals surface area contributed by atoms with Gasteiger partial charge in [-0.05, 0) is 29.5 Å². The van der Waals surface area contributed by atoms with Gasteiger partial charge in [0, 0.05) is 11.7 Å². The van der Waals surface area contributed by atoms with E-state index in [-0.39, 0.29) is 11.2 Å². The van der Waals surface area contributed by atoms with Crippen LogP contribution in [0.4, 0.5) is 5.82 Å². The maximum absolute atomic E-state index is 11.6. The van der Waals surface area contributed by atoms with Crippen LogP contribution < -0.4 is 5.73 Å². The molecule has 0 saturated carbocycles. The van der Waals surface area contributed by atoms with Gasteiger partial charge in [0.25, 0.3) is 0 Å². The molecule has 0 fully saturated rings. The van der Waals surface area contributed by atoms with E-state index < -0.39 is 15.1 Å². The molecule has 0 aliphatic heterocycles. The van der Waals surface area contributed by atoms with E-state index in [1.165, 1.54) is 6.26 Å². The Kier molecular flexibility index (Phi) is 4.26. The SMILES string of the molecule is CC(c1nc(N)c(I)c(C(C)(C)C)n1)S(C)(=O)=O. The quantitative estimate of drug-likeness (QED) is 0.791. The van der Waals surface area contributed by atoms with Crippen molar-refractivity contribution < 1.29 is 8.42 Å². The van der Waals surface area contributed by atoms with E-state index >= 15 is 0 Å². The second-order valence-corrected chi connectivity index (χ2v) is 8.80. The first-order valence-corrected chi connectivity index (χ1v) is 8.50. The molecule has 102 valence electrons. The van der Waals surface area contributed by atoms with E-state index in [9.17, 15) is 8.42 Å². The molecule has 1 rings (SSSR count). The fraction of sp³-hybridized carbons (Fsp3) is 0.636. The van der Waals surface area contributed by atoms with E-state index in [2.05, 4.69) is 32.6 Å². The van der Waals surface area contributed by atoms with Crippen LogP contribution in [0.25, 0.3) is 0 Å². The lowest BCUT2D eigenvalue weighted by atomic mass is 9.92. The summed E-state index contributed by atoms with van der Waals surface area (Å²) in [4.78, 5) is 8.49. The van der Waals surface area contributed by atoms with Gasteiger partial charge in [0.15, 0.2) is 9.84 Å². The predicted octanol–water partition coefficient (Wildman–Crippen LogP) is 2.07. The highest BCUT2D eigenvalue weighted by atomic mass is 127. The third-order valence-electron chi connectivity index (χ3n) is 2.61. The molecule has 18 heavy (non-hydrogen) atoms. The third kappa shape index (κ3) is 3.31. The number of nitrogen functional groups attached to an aromatic ring is 1. The Morgan fingerprint density at radius 2 is 1.78 bits per heavy atom. The van der Waals surface area contributed by atoms with Crippen LogP contribution in [0.2, 0.25) is 0 Å². The zero-order chi connectivity index (χ0) is 14.3. The molecule has 1 heterocycles. The molecule has 7 heteroatoms. The molecule has 5 nitrogen and oxygen atoms in total. The van der Waals surface area contributed by atoms with Crippen LogP contribution in [-0.2, 0) is 15.3 Å². The normalized spacial score (nSPS) is 14.6. The lowest BCUT2D eigenvalue weighted by Crippen LogP contribution is -2.21. The molecule has 0 amide bonds. The predicted molar refractivity (Wildman–Crippen MR) is 81.1 cm³/mol. The van der Waals surface area contributed by atoms with Crippen molar-refractivity contribution in [2.24, 2.45) is 0 Å². The first kappa shape index (κ1) is 15.6. The highest BCUT2D eigenvalue weighted by molar-refractivity contribution is 14.1. The number of rotatable bonds is 2. The molecule has 0 aliphatic rings. The molecule has 1 aromatic heterocycles. The fourth-order valence-electron chi connectivity index (χ4n) is 1.35. The number of nitrogens with zero attached hydrogens (tertiary/aromatic N) is 2. The summed E-state index contributed by atoms with van der Waals surface area (Å²) in [6.07, 6.45) is 1.17. The Morgan fingerprint density at radius 3 is 2.17 bits per heavy atom. The van der Waals surface area contributed by atoms with Gasteiger partial charge in [0.2, 0.25) is 0 Å². The van der Waals surface area contributed by atoms with Crippen molar-refractivity contribution >= 4 is 38.2 Å². The molecular weight excluding hydrogens is 365 g/mol. The van der Waals surface area contributed by atoms with Crippen LogP contribution in [0, 0.1) is 3.57 Å². The van der Waals surface area contributed by atoms with Crippen molar-refractivity contribution in [2.75, 3.05) is 12.0 Å². The Hall–Kier alpha value is -0.440. The number of aromatic nitrogens is 2. The molecule has 0 aliphatic carbocycles. The molecule has 0 saturated heterocycles. The third-order valence-corrected chi connectivity index (χ3v) is 5.17. The standard InChI is InChI=1S/C11H18IN3O2S/c1-6(18(5,16)17)10-14-8(11(2,3)4)7(12)9(13)15-10/h6H,1-5H3,(H2,13,14,15). The van der Waals surface area contributed by atoms with Gasteiger partial charge in [-0.2, -0.15) is 0 Å². The van der Waals surface area contributed by atoms with Gasteiger partial charge < -0.3 is 5.73 Å². The highest BCUT2D eigenvalue weighted by Gasteiger charge is 2.26. The second kappa shape index (κ2) is 4.92. The van der Waals surface area contributed by atoms with Crippen LogP contribution in [-0.4, -0.2) is 24.6 Å². The summed E-state index contributed by atoms with van der Waals surface area (Å²) in [5.74, 6) is 0.598. The average Bonchev–Trinajstić information content (AvgIpc) is 2.17. The minimum Gasteiger partial charge on any atom is -0.383 e. The Morgan fingerprint density at radius 1 is 1.28 bits per heavy atom. The van der Waals surface area contributed by atoms with E-state index in [0.29, 0.717) is 5.82 Å². The summed E-state index contributed by atoms with van der Waals surface area (Å²) in [6.45, 7) is 7.59. The topological polar surface area (TPSA) is 85.9 Å². The first-order valence-electron chi connectivity index (χ1n) is 5.47. The summed E-state index contributed by atoms with van der Waals surface area (Å²) < 4.78 is 23.9. The lowest BCUT2D eigenvalue weighted by Gasteiger charge is -2.22. The van der Waals surface area contributed by atoms with Crippen molar-refractivity contribution in [1.29, 1.82) is 0 Å². The van der Waals surface area contributed by atoms with Gasteiger partial charge in [0.05, 0.1) is 9.26 Å². The number of sulfone groups is 1.